The number of allylic oxidation sites excluding steroid dienone is 10. The van der Waals surface area contributed by atoms with E-state index in [2.05, 4.69) is 32.2 Å². The van der Waals surface area contributed by atoms with Crippen molar-refractivity contribution in [1.82, 2.24) is 0 Å². The molecule has 0 N–H and O–H groups in total. The van der Waals surface area contributed by atoms with Gasteiger partial charge in [-0.05, 0) is 43.9 Å². The molecule has 0 bridgehead atoms. The number of hydrogen-bond donors (Lipinski definition) is 0. The van der Waals surface area contributed by atoms with Crippen LogP contribution in [0.4, 0.5) is 4.39 Å². The Bertz CT molecular complexity index is 456. The fourth-order valence-corrected chi connectivity index (χ4v) is 2.01. The Morgan fingerprint density at radius 3 is 2.72 bits per heavy atom. The minimum atomic E-state index is -0.0478. The van der Waals surface area contributed by atoms with Gasteiger partial charge >= 0.3 is 0 Å². The zero-order chi connectivity index (χ0) is 13.5. The minimum Gasteiger partial charge on any atom is -0.212 e. The van der Waals surface area contributed by atoms with Gasteiger partial charge in [0.15, 0.2) is 0 Å². The second kappa shape index (κ2) is 6.95. The first kappa shape index (κ1) is 14.4. The summed E-state index contributed by atoms with van der Waals surface area (Å²) in [5, 5.41) is 0. The van der Waals surface area contributed by atoms with Crippen molar-refractivity contribution < 1.29 is 4.39 Å². The van der Waals surface area contributed by atoms with Gasteiger partial charge in [0.05, 0.1) is 0 Å². The van der Waals surface area contributed by atoms with E-state index in [0.717, 1.165) is 29.6 Å². The quantitative estimate of drug-likeness (QED) is 0.437. The number of hydrogen-bond acceptors (Lipinski definition) is 0. The zero-order valence-electron chi connectivity index (χ0n) is 11.3. The molecule has 0 saturated heterocycles. The van der Waals surface area contributed by atoms with Crippen LogP contribution in [0.3, 0.4) is 0 Å². The maximum absolute atomic E-state index is 13.3. The standard InChI is InChI=1S/C17H21F/c1-5-7-15(11-14(4)10-13(2)3)16-8-6-9-17(18)12-16/h5,7-8,11-12H,1-2,6,9-10H2,3-4H3/b14-11-,15-7+. The van der Waals surface area contributed by atoms with Gasteiger partial charge in [0, 0.05) is 6.42 Å². The van der Waals surface area contributed by atoms with E-state index in [-0.39, 0.29) is 5.83 Å². The maximum Gasteiger partial charge on any atom is 0.101 e. The molecule has 0 nitrogen and oxygen atoms in total. The third-order valence-electron chi connectivity index (χ3n) is 2.67. The van der Waals surface area contributed by atoms with Gasteiger partial charge < -0.3 is 0 Å². The summed E-state index contributed by atoms with van der Waals surface area (Å²) in [5.41, 5.74) is 4.30. The molecule has 0 fully saturated rings. The van der Waals surface area contributed by atoms with Crippen molar-refractivity contribution in [3.63, 3.8) is 0 Å². The molecule has 0 atom stereocenters. The molecule has 0 unspecified atom stereocenters. The lowest BCUT2D eigenvalue weighted by Gasteiger charge is -2.11. The van der Waals surface area contributed by atoms with Crippen LogP contribution >= 0.6 is 0 Å². The Labute approximate surface area is 110 Å². The molecule has 0 amide bonds. The van der Waals surface area contributed by atoms with E-state index in [1.807, 2.05) is 13.0 Å². The molecule has 0 spiro atoms. The van der Waals surface area contributed by atoms with E-state index in [0.29, 0.717) is 6.42 Å². The summed E-state index contributed by atoms with van der Waals surface area (Å²) in [4.78, 5) is 0. The summed E-state index contributed by atoms with van der Waals surface area (Å²) >= 11 is 0. The number of halogens is 1. The molecular formula is C17H21F. The van der Waals surface area contributed by atoms with Crippen LogP contribution in [0.1, 0.15) is 33.1 Å². The predicted octanol–water partition coefficient (Wildman–Crippen LogP) is 5.58. The summed E-state index contributed by atoms with van der Waals surface area (Å²) in [6.45, 7) is 11.7. The fourth-order valence-electron chi connectivity index (χ4n) is 2.01. The average Bonchev–Trinajstić information content (AvgIpc) is 2.27. The Kier molecular flexibility index (Phi) is 5.57. The molecule has 0 aliphatic heterocycles. The molecule has 1 aliphatic rings. The lowest BCUT2D eigenvalue weighted by molar-refractivity contribution is 0.586. The summed E-state index contributed by atoms with van der Waals surface area (Å²) in [6.07, 6.45) is 11.6. The Morgan fingerprint density at radius 1 is 1.44 bits per heavy atom. The van der Waals surface area contributed by atoms with Crippen LogP contribution < -0.4 is 0 Å². The second-order valence-corrected chi connectivity index (χ2v) is 4.77. The van der Waals surface area contributed by atoms with Gasteiger partial charge in [-0.2, -0.15) is 0 Å². The normalized spacial score (nSPS) is 17.1. The van der Waals surface area contributed by atoms with Gasteiger partial charge in [-0.25, -0.2) is 4.39 Å². The van der Waals surface area contributed by atoms with Gasteiger partial charge in [-0.15, -0.1) is 0 Å². The fraction of sp³-hybridized carbons (Fsp3) is 0.294. The van der Waals surface area contributed by atoms with Gasteiger partial charge in [-0.3, -0.25) is 0 Å². The monoisotopic (exact) mass is 244 g/mol. The topological polar surface area (TPSA) is 0 Å². The highest BCUT2D eigenvalue weighted by Crippen LogP contribution is 2.25. The molecule has 1 rings (SSSR count). The van der Waals surface area contributed by atoms with E-state index in [1.54, 1.807) is 12.2 Å². The van der Waals surface area contributed by atoms with Crippen molar-refractivity contribution in [3.05, 3.63) is 71.7 Å². The largest absolute Gasteiger partial charge is 0.212 e. The van der Waals surface area contributed by atoms with E-state index in [9.17, 15) is 4.39 Å². The first-order valence-corrected chi connectivity index (χ1v) is 6.24. The van der Waals surface area contributed by atoms with Crippen molar-refractivity contribution in [2.45, 2.75) is 33.1 Å². The van der Waals surface area contributed by atoms with Gasteiger partial charge in [-0.1, -0.05) is 48.6 Å². The number of rotatable bonds is 5. The van der Waals surface area contributed by atoms with Crippen LogP contribution in [0.25, 0.3) is 0 Å². The molecular weight excluding hydrogens is 223 g/mol. The highest BCUT2D eigenvalue weighted by molar-refractivity contribution is 5.50. The lowest BCUT2D eigenvalue weighted by atomic mass is 9.95. The van der Waals surface area contributed by atoms with Crippen LogP contribution in [0.15, 0.2) is 71.7 Å². The molecule has 0 heterocycles. The SMILES string of the molecule is C=C/C=C(\C=C(\C)CC(=C)C)C1=CCCC(F)=C1. The van der Waals surface area contributed by atoms with Gasteiger partial charge in [0.2, 0.25) is 0 Å². The van der Waals surface area contributed by atoms with E-state index in [4.69, 9.17) is 0 Å². The average molecular weight is 244 g/mol. The predicted molar refractivity (Wildman–Crippen MR) is 78.0 cm³/mol. The van der Waals surface area contributed by atoms with Crippen LogP contribution in [0.5, 0.6) is 0 Å². The molecule has 1 heteroatoms. The van der Waals surface area contributed by atoms with Crippen molar-refractivity contribution in [1.29, 1.82) is 0 Å². The molecule has 0 aromatic heterocycles. The van der Waals surface area contributed by atoms with E-state index in [1.165, 1.54) is 5.57 Å². The molecule has 96 valence electrons. The third-order valence-corrected chi connectivity index (χ3v) is 2.67. The van der Waals surface area contributed by atoms with Crippen LogP contribution in [0, 0.1) is 0 Å². The maximum atomic E-state index is 13.3. The second-order valence-electron chi connectivity index (χ2n) is 4.77. The summed E-state index contributed by atoms with van der Waals surface area (Å²) in [7, 11) is 0. The highest BCUT2D eigenvalue weighted by Gasteiger charge is 2.07. The van der Waals surface area contributed by atoms with Crippen molar-refractivity contribution >= 4 is 0 Å². The highest BCUT2D eigenvalue weighted by atomic mass is 19.1. The van der Waals surface area contributed by atoms with Crippen molar-refractivity contribution in [2.24, 2.45) is 0 Å². The molecule has 1 aliphatic carbocycles. The zero-order valence-corrected chi connectivity index (χ0v) is 11.3. The first-order valence-electron chi connectivity index (χ1n) is 6.24. The van der Waals surface area contributed by atoms with Crippen LogP contribution in [-0.4, -0.2) is 0 Å². The third kappa shape index (κ3) is 4.70. The van der Waals surface area contributed by atoms with Gasteiger partial charge in [0.25, 0.3) is 0 Å². The van der Waals surface area contributed by atoms with Crippen molar-refractivity contribution in [3.8, 4) is 0 Å². The molecule has 0 radical (unpaired) electrons. The van der Waals surface area contributed by atoms with Gasteiger partial charge in [0.1, 0.15) is 5.83 Å². The first-order chi connectivity index (χ1) is 8.52. The van der Waals surface area contributed by atoms with Crippen molar-refractivity contribution in [2.75, 3.05) is 0 Å². The molecule has 0 aromatic carbocycles. The van der Waals surface area contributed by atoms with E-state index < -0.39 is 0 Å². The summed E-state index contributed by atoms with van der Waals surface area (Å²) < 4.78 is 13.3. The molecule has 0 saturated carbocycles. The Hall–Kier alpha value is -1.63. The Balaban J connectivity index is 2.98. The van der Waals surface area contributed by atoms with Crippen LogP contribution in [-0.2, 0) is 0 Å². The smallest absolute Gasteiger partial charge is 0.101 e. The molecule has 18 heavy (non-hydrogen) atoms. The Morgan fingerprint density at radius 2 is 2.17 bits per heavy atom. The summed E-state index contributed by atoms with van der Waals surface area (Å²) in [5.74, 6) is -0.0478. The lowest BCUT2D eigenvalue weighted by Crippen LogP contribution is -1.92. The molecule has 0 aromatic rings. The summed E-state index contributed by atoms with van der Waals surface area (Å²) in [6, 6.07) is 0. The minimum absolute atomic E-state index is 0.0478. The van der Waals surface area contributed by atoms with E-state index >= 15 is 0 Å². The van der Waals surface area contributed by atoms with Crippen LogP contribution in [0.2, 0.25) is 0 Å².